The number of imide groups is 2. The topological polar surface area (TPSA) is 82.9 Å². The lowest BCUT2D eigenvalue weighted by Gasteiger charge is -2.48. The van der Waals surface area contributed by atoms with Crippen molar-refractivity contribution in [2.45, 2.75) is 25.3 Å². The molecule has 2 fully saturated rings. The van der Waals surface area contributed by atoms with Crippen molar-refractivity contribution >= 4 is 29.2 Å². The summed E-state index contributed by atoms with van der Waals surface area (Å²) in [6.45, 7) is 2.30. The van der Waals surface area contributed by atoms with E-state index in [0.29, 0.717) is 19.6 Å². The van der Waals surface area contributed by atoms with E-state index in [-0.39, 0.29) is 30.4 Å². The molecule has 0 aromatic carbocycles. The van der Waals surface area contributed by atoms with Gasteiger partial charge in [-0.3, -0.25) is 24.2 Å². The van der Waals surface area contributed by atoms with Gasteiger partial charge in [-0.05, 0) is 47.2 Å². The number of barbiturate groups is 1. The number of carbonyl (C=O) groups excluding carboxylic acids is 3. The molecule has 5 heterocycles. The average Bonchev–Trinajstić information content (AvgIpc) is 3.29. The molecular weight excluding hydrogens is 428 g/mol. The molecule has 9 heteroatoms. The third-order valence-electron chi connectivity index (χ3n) is 7.14. The molecule has 2 bridgehead atoms. The smallest absolute Gasteiger partial charge is 0.312 e. The second-order valence-electron chi connectivity index (χ2n) is 9.29. The fourth-order valence-electron chi connectivity index (χ4n) is 5.72. The normalized spacial score (nSPS) is 25.2. The van der Waals surface area contributed by atoms with Crippen LogP contribution < -0.4 is 5.56 Å². The van der Waals surface area contributed by atoms with E-state index < -0.39 is 23.3 Å². The van der Waals surface area contributed by atoms with Gasteiger partial charge in [-0.15, -0.1) is 0 Å². The number of aromatic nitrogens is 1. The largest absolute Gasteiger partial charge is 0.332 e. The minimum Gasteiger partial charge on any atom is -0.312 e. The van der Waals surface area contributed by atoms with Gasteiger partial charge in [0.25, 0.3) is 5.56 Å². The number of hydrogen-bond acceptors (Lipinski definition) is 6. The van der Waals surface area contributed by atoms with E-state index in [1.54, 1.807) is 12.1 Å². The molecule has 0 radical (unpaired) electrons. The molecule has 0 spiro atoms. The van der Waals surface area contributed by atoms with Gasteiger partial charge in [0.05, 0.1) is 0 Å². The van der Waals surface area contributed by atoms with Crippen LogP contribution in [0, 0.1) is 11.3 Å². The van der Waals surface area contributed by atoms with Gasteiger partial charge in [-0.25, -0.2) is 4.79 Å². The van der Waals surface area contributed by atoms with Crippen molar-refractivity contribution in [3.05, 3.63) is 56.6 Å². The van der Waals surface area contributed by atoms with Crippen LogP contribution in [0.1, 0.15) is 23.6 Å². The first kappa shape index (κ1) is 21.1. The Hall–Kier alpha value is -2.78. The molecule has 4 amide bonds. The quantitative estimate of drug-likeness (QED) is 0.656. The Morgan fingerprint density at radius 2 is 1.75 bits per heavy atom. The fourth-order valence-corrected chi connectivity index (χ4v) is 6.39. The standard InChI is InChI=1S/C23H26N4O4S/c1-24-20(29)23(9-15-6-7-32-13-15,21(30)25(2)22(24)31)14-26-10-16-8-17(12-26)18-4-3-5-19(28)27(18)11-16/h3-7,13,16-17H,8-12,14H2,1-2H3/t16-,17?/m1/s1. The van der Waals surface area contributed by atoms with Crippen molar-refractivity contribution in [3.8, 4) is 0 Å². The van der Waals surface area contributed by atoms with Crippen LogP contribution in [0.15, 0.2) is 39.8 Å². The molecule has 32 heavy (non-hydrogen) atoms. The zero-order valence-electron chi connectivity index (χ0n) is 18.2. The Morgan fingerprint density at radius 3 is 2.44 bits per heavy atom. The summed E-state index contributed by atoms with van der Waals surface area (Å²) < 4.78 is 1.87. The summed E-state index contributed by atoms with van der Waals surface area (Å²) in [4.78, 5) is 56.1. The van der Waals surface area contributed by atoms with Crippen molar-refractivity contribution in [3.63, 3.8) is 0 Å². The molecule has 2 aromatic heterocycles. The van der Waals surface area contributed by atoms with Gasteiger partial charge in [-0.2, -0.15) is 11.3 Å². The van der Waals surface area contributed by atoms with Crippen LogP contribution in [0.25, 0.3) is 0 Å². The average molecular weight is 455 g/mol. The monoisotopic (exact) mass is 454 g/mol. The summed E-state index contributed by atoms with van der Waals surface area (Å²) in [5, 5.41) is 3.88. The van der Waals surface area contributed by atoms with Crippen molar-refractivity contribution in [2.75, 3.05) is 33.7 Å². The van der Waals surface area contributed by atoms with Crippen LogP contribution in [-0.4, -0.2) is 70.8 Å². The molecule has 168 valence electrons. The maximum absolute atomic E-state index is 13.5. The van der Waals surface area contributed by atoms with E-state index in [2.05, 4.69) is 4.90 Å². The molecule has 0 aliphatic carbocycles. The Balaban J connectivity index is 1.49. The van der Waals surface area contributed by atoms with Crippen LogP contribution >= 0.6 is 11.3 Å². The van der Waals surface area contributed by atoms with Gasteiger partial charge in [0.15, 0.2) is 0 Å². The molecule has 3 aliphatic rings. The van der Waals surface area contributed by atoms with Gasteiger partial charge >= 0.3 is 6.03 Å². The SMILES string of the molecule is CN1C(=O)N(C)C(=O)C(Cc2ccsc2)(CN2CC3C[C@H](C2)Cn2c3cccc2=O)C1=O. The molecule has 1 unspecified atom stereocenters. The Kier molecular flexibility index (Phi) is 5.05. The molecule has 3 aliphatic heterocycles. The molecule has 5 rings (SSSR count). The molecule has 2 aromatic rings. The van der Waals surface area contributed by atoms with Crippen LogP contribution in [-0.2, 0) is 22.6 Å². The van der Waals surface area contributed by atoms with E-state index >= 15 is 0 Å². The summed E-state index contributed by atoms with van der Waals surface area (Å²) in [5.74, 6) is -0.417. The van der Waals surface area contributed by atoms with Gasteiger partial charge < -0.3 is 9.47 Å². The molecule has 0 N–H and O–H groups in total. The number of amides is 4. The van der Waals surface area contributed by atoms with Crippen LogP contribution in [0.3, 0.4) is 0 Å². The number of carbonyl (C=O) groups is 3. The summed E-state index contributed by atoms with van der Waals surface area (Å²) in [6.07, 6.45) is 1.26. The Morgan fingerprint density at radius 1 is 1.00 bits per heavy atom. The summed E-state index contributed by atoms with van der Waals surface area (Å²) in [6, 6.07) is 6.74. The first-order valence-corrected chi connectivity index (χ1v) is 11.8. The highest BCUT2D eigenvalue weighted by Gasteiger charge is 2.56. The third-order valence-corrected chi connectivity index (χ3v) is 7.87. The second kappa shape index (κ2) is 7.67. The highest BCUT2D eigenvalue weighted by Crippen LogP contribution is 2.39. The number of piperidine rings is 1. The van der Waals surface area contributed by atoms with Crippen LogP contribution in [0.5, 0.6) is 0 Å². The molecule has 0 saturated carbocycles. The minimum absolute atomic E-state index is 0.0268. The third kappa shape index (κ3) is 3.22. The zero-order valence-corrected chi connectivity index (χ0v) is 19.0. The number of fused-ring (bicyclic) bond motifs is 4. The van der Waals surface area contributed by atoms with Gasteiger partial charge in [0.2, 0.25) is 11.8 Å². The molecule has 2 saturated heterocycles. The van der Waals surface area contributed by atoms with Crippen molar-refractivity contribution in [1.82, 2.24) is 19.3 Å². The Bertz CT molecular complexity index is 1120. The van der Waals surface area contributed by atoms with Crippen LogP contribution in [0.4, 0.5) is 4.79 Å². The van der Waals surface area contributed by atoms with E-state index in [1.807, 2.05) is 27.5 Å². The highest BCUT2D eigenvalue weighted by molar-refractivity contribution is 7.07. The van der Waals surface area contributed by atoms with Crippen LogP contribution in [0.2, 0.25) is 0 Å². The lowest BCUT2D eigenvalue weighted by Crippen LogP contribution is -2.67. The predicted molar refractivity (Wildman–Crippen MR) is 119 cm³/mol. The molecule has 2 atom stereocenters. The first-order valence-electron chi connectivity index (χ1n) is 10.8. The summed E-state index contributed by atoms with van der Waals surface area (Å²) in [5.41, 5.74) is 0.623. The summed E-state index contributed by atoms with van der Waals surface area (Å²) in [7, 11) is 2.90. The van der Waals surface area contributed by atoms with E-state index in [0.717, 1.165) is 27.5 Å². The van der Waals surface area contributed by atoms with Gasteiger partial charge in [0.1, 0.15) is 5.41 Å². The number of thiophene rings is 1. The van der Waals surface area contributed by atoms with Crippen molar-refractivity contribution < 1.29 is 14.4 Å². The number of rotatable bonds is 4. The van der Waals surface area contributed by atoms with Crippen molar-refractivity contribution in [2.24, 2.45) is 11.3 Å². The highest BCUT2D eigenvalue weighted by atomic mass is 32.1. The number of nitrogens with zero attached hydrogens (tertiary/aromatic N) is 4. The number of urea groups is 1. The van der Waals surface area contributed by atoms with E-state index in [1.165, 1.54) is 25.4 Å². The summed E-state index contributed by atoms with van der Waals surface area (Å²) >= 11 is 1.52. The second-order valence-corrected chi connectivity index (χ2v) is 10.1. The maximum Gasteiger partial charge on any atom is 0.332 e. The minimum atomic E-state index is -1.35. The Labute approximate surface area is 190 Å². The zero-order chi connectivity index (χ0) is 22.6. The number of pyridine rings is 1. The van der Waals surface area contributed by atoms with Gasteiger partial charge in [-0.1, -0.05) is 6.07 Å². The fraction of sp³-hybridized carbons (Fsp3) is 0.478. The maximum atomic E-state index is 13.5. The molecule has 8 nitrogen and oxygen atoms in total. The van der Waals surface area contributed by atoms with E-state index in [4.69, 9.17) is 0 Å². The lowest BCUT2D eigenvalue weighted by atomic mass is 9.75. The van der Waals surface area contributed by atoms with Crippen molar-refractivity contribution in [1.29, 1.82) is 0 Å². The first-order chi connectivity index (χ1) is 15.3. The number of hydrogen-bond donors (Lipinski definition) is 0. The number of likely N-dealkylation sites (tertiary alicyclic amines) is 1. The molecular formula is C23H26N4O4S. The van der Waals surface area contributed by atoms with Gasteiger partial charge in [0, 0.05) is 58.0 Å². The lowest BCUT2D eigenvalue weighted by molar-refractivity contribution is -0.159. The van der Waals surface area contributed by atoms with E-state index in [9.17, 15) is 19.2 Å². The predicted octanol–water partition coefficient (Wildman–Crippen LogP) is 1.61.